The van der Waals surface area contributed by atoms with Crippen molar-refractivity contribution in [2.75, 3.05) is 13.1 Å². The number of halogens is 1. The van der Waals surface area contributed by atoms with Gasteiger partial charge in [-0.2, -0.15) is 0 Å². The fourth-order valence-corrected chi connectivity index (χ4v) is 2.69. The predicted octanol–water partition coefficient (Wildman–Crippen LogP) is 3.32. The van der Waals surface area contributed by atoms with Crippen molar-refractivity contribution in [2.45, 2.75) is 51.7 Å². The fraction of sp³-hybridized carbons (Fsp3) is 0.588. The first-order chi connectivity index (χ1) is 10.4. The van der Waals surface area contributed by atoms with E-state index < -0.39 is 5.60 Å². The molecule has 0 saturated carbocycles. The minimum absolute atomic E-state index is 0.103. The van der Waals surface area contributed by atoms with E-state index in [0.717, 1.165) is 36.9 Å². The second kappa shape index (κ2) is 7.09. The van der Waals surface area contributed by atoms with E-state index in [1.54, 1.807) is 6.07 Å². The summed E-state index contributed by atoms with van der Waals surface area (Å²) in [5.74, 6) is -0.103. The van der Waals surface area contributed by atoms with Crippen LogP contribution in [0.4, 0.5) is 9.18 Å². The van der Waals surface area contributed by atoms with Crippen molar-refractivity contribution in [2.24, 2.45) is 0 Å². The number of hydrogen-bond acceptors (Lipinski definition) is 3. The van der Waals surface area contributed by atoms with Crippen molar-refractivity contribution in [3.63, 3.8) is 0 Å². The van der Waals surface area contributed by atoms with Gasteiger partial charge in [0.05, 0.1) is 0 Å². The topological polar surface area (TPSA) is 50.4 Å². The van der Waals surface area contributed by atoms with Crippen LogP contribution in [0.15, 0.2) is 18.2 Å². The first kappa shape index (κ1) is 16.7. The second-order valence-electron chi connectivity index (χ2n) is 6.64. The van der Waals surface area contributed by atoms with Crippen LogP contribution in [0.2, 0.25) is 0 Å². The first-order valence-electron chi connectivity index (χ1n) is 7.84. The van der Waals surface area contributed by atoms with Gasteiger partial charge in [0.25, 0.3) is 0 Å². The number of benzene rings is 1. The molecule has 0 aliphatic heterocycles. The lowest BCUT2D eigenvalue weighted by atomic mass is 10.1. The fourth-order valence-electron chi connectivity index (χ4n) is 2.69. The van der Waals surface area contributed by atoms with Gasteiger partial charge in [-0.25, -0.2) is 9.18 Å². The van der Waals surface area contributed by atoms with Gasteiger partial charge in [-0.3, -0.25) is 0 Å². The summed E-state index contributed by atoms with van der Waals surface area (Å²) >= 11 is 0. The normalized spacial score (nSPS) is 17.2. The summed E-state index contributed by atoms with van der Waals surface area (Å²) < 4.78 is 18.8. The maximum Gasteiger partial charge on any atom is 0.407 e. The molecule has 4 nitrogen and oxygen atoms in total. The van der Waals surface area contributed by atoms with Crippen LogP contribution in [-0.4, -0.2) is 24.8 Å². The Balaban J connectivity index is 1.67. The summed E-state index contributed by atoms with van der Waals surface area (Å²) in [7, 11) is 0. The van der Waals surface area contributed by atoms with Crippen molar-refractivity contribution in [1.82, 2.24) is 10.6 Å². The van der Waals surface area contributed by atoms with Crippen molar-refractivity contribution < 1.29 is 13.9 Å². The summed E-state index contributed by atoms with van der Waals surface area (Å²) in [6, 6.07) is 5.49. The van der Waals surface area contributed by atoms with E-state index in [1.165, 1.54) is 6.07 Å². The summed E-state index contributed by atoms with van der Waals surface area (Å²) in [6.07, 6.45) is 2.13. The zero-order valence-electron chi connectivity index (χ0n) is 13.5. The molecule has 1 aliphatic carbocycles. The number of hydrogen-bond donors (Lipinski definition) is 2. The molecule has 1 amide bonds. The maximum absolute atomic E-state index is 13.6. The number of carbonyl (C=O) groups excluding carboxylic acids is 1. The highest BCUT2D eigenvalue weighted by Gasteiger charge is 2.24. The van der Waals surface area contributed by atoms with Gasteiger partial charge in [0.15, 0.2) is 0 Å². The molecule has 0 heterocycles. The van der Waals surface area contributed by atoms with Gasteiger partial charge in [0.2, 0.25) is 0 Å². The van der Waals surface area contributed by atoms with E-state index in [2.05, 4.69) is 10.6 Å². The molecule has 1 aromatic rings. The zero-order valence-corrected chi connectivity index (χ0v) is 13.5. The van der Waals surface area contributed by atoms with Gasteiger partial charge < -0.3 is 15.4 Å². The minimum Gasteiger partial charge on any atom is -0.444 e. The lowest BCUT2D eigenvalue weighted by molar-refractivity contribution is 0.0527. The molecule has 1 unspecified atom stereocenters. The van der Waals surface area contributed by atoms with Gasteiger partial charge in [0, 0.05) is 12.6 Å². The van der Waals surface area contributed by atoms with E-state index in [9.17, 15) is 9.18 Å². The third-order valence-electron chi connectivity index (χ3n) is 3.63. The first-order valence-corrected chi connectivity index (χ1v) is 7.84. The van der Waals surface area contributed by atoms with E-state index >= 15 is 0 Å². The third-order valence-corrected chi connectivity index (χ3v) is 3.63. The van der Waals surface area contributed by atoms with E-state index in [-0.39, 0.29) is 18.0 Å². The van der Waals surface area contributed by atoms with E-state index in [1.807, 2.05) is 26.8 Å². The Hall–Kier alpha value is -1.62. The maximum atomic E-state index is 13.6. The Morgan fingerprint density at radius 2 is 2.14 bits per heavy atom. The van der Waals surface area contributed by atoms with Crippen LogP contribution in [-0.2, 0) is 11.2 Å². The van der Waals surface area contributed by atoms with Crippen molar-refractivity contribution >= 4 is 6.09 Å². The molecule has 5 heteroatoms. The van der Waals surface area contributed by atoms with Gasteiger partial charge in [-0.05, 0) is 63.8 Å². The quantitative estimate of drug-likeness (QED) is 0.821. The second-order valence-corrected chi connectivity index (χ2v) is 6.64. The molecule has 122 valence electrons. The van der Waals surface area contributed by atoms with Crippen molar-refractivity contribution in [3.05, 3.63) is 35.1 Å². The Morgan fingerprint density at radius 3 is 2.86 bits per heavy atom. The van der Waals surface area contributed by atoms with Gasteiger partial charge in [-0.1, -0.05) is 12.1 Å². The highest BCUT2D eigenvalue weighted by molar-refractivity contribution is 5.67. The molecule has 2 rings (SSSR count). The average Bonchev–Trinajstić information content (AvgIpc) is 2.81. The molecule has 0 fully saturated rings. The summed E-state index contributed by atoms with van der Waals surface area (Å²) in [4.78, 5) is 11.5. The highest BCUT2D eigenvalue weighted by atomic mass is 19.1. The Labute approximate surface area is 131 Å². The van der Waals surface area contributed by atoms with Gasteiger partial charge >= 0.3 is 6.09 Å². The predicted molar refractivity (Wildman–Crippen MR) is 84.3 cm³/mol. The molecule has 2 N–H and O–H groups in total. The molecule has 0 saturated heterocycles. The number of alkyl carbamates (subject to hydrolysis) is 1. The van der Waals surface area contributed by atoms with Crippen LogP contribution < -0.4 is 10.6 Å². The molecule has 0 radical (unpaired) electrons. The van der Waals surface area contributed by atoms with Crippen molar-refractivity contribution in [1.29, 1.82) is 0 Å². The SMILES string of the molecule is CC(C)(C)OC(=O)NCCCNC1CCc2c(F)cccc21. The molecule has 1 aromatic carbocycles. The van der Waals surface area contributed by atoms with Crippen LogP contribution in [0.1, 0.15) is 50.8 Å². The average molecular weight is 308 g/mol. The Morgan fingerprint density at radius 1 is 1.36 bits per heavy atom. The lowest BCUT2D eigenvalue weighted by Crippen LogP contribution is -2.34. The lowest BCUT2D eigenvalue weighted by Gasteiger charge is -2.20. The van der Waals surface area contributed by atoms with Crippen molar-refractivity contribution in [3.8, 4) is 0 Å². The number of carbonyl (C=O) groups is 1. The molecular weight excluding hydrogens is 283 g/mol. The van der Waals surface area contributed by atoms with Gasteiger partial charge in [0.1, 0.15) is 11.4 Å². The van der Waals surface area contributed by atoms with Gasteiger partial charge in [-0.15, -0.1) is 0 Å². The number of rotatable bonds is 5. The number of amides is 1. The molecule has 1 atom stereocenters. The van der Waals surface area contributed by atoms with E-state index in [0.29, 0.717) is 6.54 Å². The minimum atomic E-state index is -0.472. The molecule has 0 spiro atoms. The zero-order chi connectivity index (χ0) is 16.2. The molecule has 22 heavy (non-hydrogen) atoms. The Kier molecular flexibility index (Phi) is 5.40. The molecule has 0 bridgehead atoms. The summed E-state index contributed by atoms with van der Waals surface area (Å²) in [5.41, 5.74) is 1.44. The van der Waals surface area contributed by atoms with Crippen LogP contribution >= 0.6 is 0 Å². The molecule has 0 aromatic heterocycles. The van der Waals surface area contributed by atoms with Crippen LogP contribution in [0, 0.1) is 5.82 Å². The standard InChI is InChI=1S/C17H25FN2O2/c1-17(2,3)22-16(21)20-11-5-10-19-15-9-8-12-13(15)6-4-7-14(12)18/h4,6-7,15,19H,5,8-11H2,1-3H3,(H,20,21). The number of ether oxygens (including phenoxy) is 1. The third kappa shape index (κ3) is 4.70. The molecule has 1 aliphatic rings. The molecular formula is C17H25FN2O2. The monoisotopic (exact) mass is 308 g/mol. The smallest absolute Gasteiger partial charge is 0.407 e. The van der Waals surface area contributed by atoms with E-state index in [4.69, 9.17) is 4.74 Å². The number of nitrogens with one attached hydrogen (secondary N) is 2. The Bertz CT molecular complexity index is 526. The van der Waals surface area contributed by atoms with Crippen LogP contribution in [0.5, 0.6) is 0 Å². The summed E-state index contributed by atoms with van der Waals surface area (Å²) in [6.45, 7) is 6.85. The highest BCUT2D eigenvalue weighted by Crippen LogP contribution is 2.32. The largest absolute Gasteiger partial charge is 0.444 e. The number of fused-ring (bicyclic) bond motifs is 1. The van der Waals surface area contributed by atoms with Crippen LogP contribution in [0.3, 0.4) is 0 Å². The van der Waals surface area contributed by atoms with Crippen LogP contribution in [0.25, 0.3) is 0 Å². The summed E-state index contributed by atoms with van der Waals surface area (Å²) in [5, 5.41) is 6.16.